The number of fused-ring (bicyclic) bond motifs is 6. The van der Waals surface area contributed by atoms with E-state index in [1.807, 2.05) is 7.98 Å². The molecule has 1 aromatic rings. The van der Waals surface area contributed by atoms with Crippen LogP contribution in [0.3, 0.4) is 0 Å². The second-order valence-electron chi connectivity index (χ2n) is 11.5. The van der Waals surface area contributed by atoms with Crippen molar-refractivity contribution in [2.75, 3.05) is 18.9 Å². The molecule has 1 saturated heterocycles. The number of carbonyl (C=O) groups excluding carboxylic acids is 1. The average Bonchev–Trinajstić information content (AvgIpc) is 3.42. The molecule has 2 heterocycles. The first kappa shape index (κ1) is 21.5. The van der Waals surface area contributed by atoms with Gasteiger partial charge in [0, 0.05) is 35.8 Å². The lowest BCUT2D eigenvalue weighted by Crippen LogP contribution is -2.79. The van der Waals surface area contributed by atoms with Crippen LogP contribution in [0.4, 0.5) is 5.13 Å². The molecule has 0 amide bonds. The summed E-state index contributed by atoms with van der Waals surface area (Å²) in [6.45, 7) is 6.80. The number of thiazole rings is 1. The molecule has 2 spiro atoms. The number of ether oxygens (including phenoxy) is 1. The number of carbonyl (C=O) groups is 1. The highest BCUT2D eigenvalue weighted by molar-refractivity contribution is 7.16. The minimum atomic E-state index is -2.18. The number of Topliss-reactive ketones (excluding diaryl/α,β-unsaturated/α-hetero) is 1. The predicted octanol–water partition coefficient (Wildman–Crippen LogP) is -0.433. The molecule has 6 rings (SSSR count). The van der Waals surface area contributed by atoms with Crippen LogP contribution in [0, 0.1) is 28.6 Å². The molecule has 0 radical (unpaired) electrons. The first-order valence-corrected chi connectivity index (χ1v) is 12.4. The van der Waals surface area contributed by atoms with E-state index in [9.17, 15) is 20.1 Å². The maximum Gasteiger partial charge on any atom is 0.216 e. The van der Waals surface area contributed by atoms with Gasteiger partial charge in [0.15, 0.2) is 10.9 Å². The molecule has 2 bridgehead atoms. The van der Waals surface area contributed by atoms with Crippen molar-refractivity contribution >= 4 is 30.2 Å². The van der Waals surface area contributed by atoms with Crippen LogP contribution < -0.4 is 10.5 Å². The average molecular weight is 461 g/mol. The van der Waals surface area contributed by atoms with E-state index in [4.69, 9.17) is 9.72 Å². The molecule has 4 aliphatic carbocycles. The predicted molar refractivity (Wildman–Crippen MR) is 121 cm³/mol. The Morgan fingerprint density at radius 1 is 1.25 bits per heavy atom. The number of nitrogens with zero attached hydrogens (tertiary/aromatic N) is 1. The zero-order chi connectivity index (χ0) is 23.1. The number of aromatic nitrogens is 1. The number of aliphatic hydroxyl groups excluding tert-OH is 2. The summed E-state index contributed by atoms with van der Waals surface area (Å²) in [5.41, 5.74) is -2.65. The number of methoxy groups -OCH3 is 1. The van der Waals surface area contributed by atoms with Crippen LogP contribution >= 0.6 is 11.3 Å². The number of nitrogens with one attached hydrogen (secondary N) is 2. The van der Waals surface area contributed by atoms with Gasteiger partial charge >= 0.3 is 0 Å². The van der Waals surface area contributed by atoms with Gasteiger partial charge in [-0.05, 0) is 30.6 Å². The van der Waals surface area contributed by atoms with Crippen molar-refractivity contribution in [2.24, 2.45) is 28.6 Å². The van der Waals surface area contributed by atoms with Crippen molar-refractivity contribution in [1.82, 2.24) is 10.3 Å². The molecular formula is C22H32BN3O5S. The van der Waals surface area contributed by atoms with Gasteiger partial charge in [-0.1, -0.05) is 20.8 Å². The van der Waals surface area contributed by atoms with Crippen LogP contribution in [0.25, 0.3) is 0 Å². The maximum atomic E-state index is 14.2. The lowest BCUT2D eigenvalue weighted by Gasteiger charge is -2.68. The summed E-state index contributed by atoms with van der Waals surface area (Å²) in [4.78, 5) is 20.3. The van der Waals surface area contributed by atoms with Crippen LogP contribution in [0.15, 0.2) is 0 Å². The van der Waals surface area contributed by atoms with Crippen LogP contribution in [-0.4, -0.2) is 71.3 Å². The second kappa shape index (κ2) is 5.96. The van der Waals surface area contributed by atoms with E-state index in [1.54, 1.807) is 11.3 Å². The van der Waals surface area contributed by atoms with Crippen molar-refractivity contribution < 1.29 is 24.9 Å². The Balaban J connectivity index is 1.67. The fourth-order valence-corrected chi connectivity index (χ4v) is 10.2. The molecule has 32 heavy (non-hydrogen) atoms. The largest absolute Gasteiger partial charge is 0.411 e. The number of hydrogen-bond donors (Lipinski definition) is 5. The van der Waals surface area contributed by atoms with Crippen LogP contribution in [-0.2, 0) is 21.4 Å². The minimum absolute atomic E-state index is 0.206. The van der Waals surface area contributed by atoms with Crippen LogP contribution in [0.2, 0.25) is 0 Å². The Bertz CT molecular complexity index is 1030. The first-order valence-electron chi connectivity index (χ1n) is 11.6. The quantitative estimate of drug-likeness (QED) is 0.228. The van der Waals surface area contributed by atoms with E-state index in [1.165, 1.54) is 7.11 Å². The summed E-state index contributed by atoms with van der Waals surface area (Å²) < 4.78 is 5.71. The summed E-state index contributed by atoms with van der Waals surface area (Å²) in [5, 5.41) is 42.9. The molecule has 1 aromatic heterocycles. The molecular weight excluding hydrogens is 429 g/mol. The number of ketones is 1. The van der Waals surface area contributed by atoms with E-state index in [0.717, 1.165) is 15.7 Å². The summed E-state index contributed by atoms with van der Waals surface area (Å²) in [7, 11) is 3.18. The van der Waals surface area contributed by atoms with Gasteiger partial charge < -0.3 is 30.6 Å². The SMILES string of the molecule is BNc1nc2c(s1)CC(C)(C)C1[C@H](O)C(O)(OC)[C@]34C(=O)C5(CN5)[C@H](CCC3[C@]21C)[C@H]4O. The molecule has 0 aromatic carbocycles. The normalized spacial score (nSPS) is 52.3. The third-order valence-corrected chi connectivity index (χ3v) is 11.1. The standard InChI is InChI=1S/C22H32BN3O5S/c1-18(2)7-10-13(25-17(26-23)32-10)19(3)11-6-5-9-14(27)21(11,16(29)20(9)8-24-20)22(30,31-4)15(28)12(18)19/h9,11-12,14-15,24,27-28,30H,5-8,23H2,1-4H3,(H,25,26)/t9-,11?,12?,14-,15+,19+,20?,21-,22?/m1/s1. The maximum absolute atomic E-state index is 14.2. The molecule has 4 fully saturated rings. The van der Waals surface area contributed by atoms with Gasteiger partial charge in [0.25, 0.3) is 0 Å². The van der Waals surface area contributed by atoms with Crippen molar-refractivity contribution in [2.45, 2.75) is 69.0 Å². The molecule has 5 aliphatic rings. The zero-order valence-electron chi connectivity index (χ0n) is 19.2. The van der Waals surface area contributed by atoms with Gasteiger partial charge in [0.2, 0.25) is 13.8 Å². The third-order valence-electron chi connectivity index (χ3n) is 10.0. The molecule has 9 atom stereocenters. The summed E-state index contributed by atoms with van der Waals surface area (Å²) in [6, 6.07) is 0. The van der Waals surface area contributed by atoms with Crippen molar-refractivity contribution in [3.63, 3.8) is 0 Å². The zero-order valence-corrected chi connectivity index (χ0v) is 20.0. The van der Waals surface area contributed by atoms with E-state index in [-0.39, 0.29) is 17.1 Å². The summed E-state index contributed by atoms with van der Waals surface area (Å²) in [5.74, 6) is -3.50. The van der Waals surface area contributed by atoms with Gasteiger partial charge in [0.05, 0.1) is 17.3 Å². The topological polar surface area (TPSA) is 134 Å². The highest BCUT2D eigenvalue weighted by Gasteiger charge is 2.88. The third kappa shape index (κ3) is 1.94. The lowest BCUT2D eigenvalue weighted by atomic mass is 9.38. The molecule has 1 aliphatic heterocycles. The number of rotatable bonds is 2. The molecule has 4 unspecified atom stereocenters. The number of hydrogen-bond acceptors (Lipinski definition) is 9. The summed E-state index contributed by atoms with van der Waals surface area (Å²) in [6.07, 6.45) is -0.406. The molecule has 8 nitrogen and oxygen atoms in total. The van der Waals surface area contributed by atoms with E-state index in [0.29, 0.717) is 25.8 Å². The van der Waals surface area contributed by atoms with Crippen LogP contribution in [0.1, 0.15) is 44.2 Å². The van der Waals surface area contributed by atoms with Crippen LogP contribution in [0.5, 0.6) is 0 Å². The van der Waals surface area contributed by atoms with E-state index >= 15 is 0 Å². The van der Waals surface area contributed by atoms with Gasteiger partial charge in [-0.2, -0.15) is 0 Å². The van der Waals surface area contributed by atoms with Crippen molar-refractivity contribution in [3.8, 4) is 0 Å². The Hall–Kier alpha value is -1.04. The Morgan fingerprint density at radius 2 is 1.94 bits per heavy atom. The Morgan fingerprint density at radius 3 is 2.53 bits per heavy atom. The number of aliphatic hydroxyl groups is 3. The van der Waals surface area contributed by atoms with Gasteiger partial charge in [-0.15, -0.1) is 11.3 Å². The Kier molecular flexibility index (Phi) is 4.00. The molecule has 5 N–H and O–H groups in total. The van der Waals surface area contributed by atoms with Gasteiger partial charge in [-0.3, -0.25) is 4.79 Å². The molecule has 3 saturated carbocycles. The van der Waals surface area contributed by atoms with Gasteiger partial charge in [-0.25, -0.2) is 4.98 Å². The monoisotopic (exact) mass is 461 g/mol. The fourth-order valence-electron chi connectivity index (χ4n) is 8.90. The number of anilines is 1. The van der Waals surface area contributed by atoms with Gasteiger partial charge in [0.1, 0.15) is 11.5 Å². The smallest absolute Gasteiger partial charge is 0.216 e. The highest BCUT2D eigenvalue weighted by atomic mass is 32.1. The highest BCUT2D eigenvalue weighted by Crippen LogP contribution is 2.74. The Labute approximate surface area is 192 Å². The van der Waals surface area contributed by atoms with Crippen molar-refractivity contribution in [3.05, 3.63) is 10.6 Å². The lowest BCUT2D eigenvalue weighted by molar-refractivity contribution is -0.376. The molecule has 174 valence electrons. The minimum Gasteiger partial charge on any atom is -0.411 e. The molecule has 10 heteroatoms. The van der Waals surface area contributed by atoms with E-state index in [2.05, 4.69) is 31.3 Å². The van der Waals surface area contributed by atoms with E-state index < -0.39 is 46.2 Å². The van der Waals surface area contributed by atoms with Crippen molar-refractivity contribution in [1.29, 1.82) is 0 Å². The second-order valence-corrected chi connectivity index (χ2v) is 12.6. The fraction of sp³-hybridized carbons (Fsp3) is 0.818. The summed E-state index contributed by atoms with van der Waals surface area (Å²) >= 11 is 1.61. The first-order chi connectivity index (χ1) is 15.0.